The molecule has 0 amide bonds. The molecular weight excluding hydrogens is 468 g/mol. The molecule has 0 saturated heterocycles. The average molecular weight is 499 g/mol. The number of nitrogens with zero attached hydrogens (tertiary/aromatic N) is 2. The Morgan fingerprint density at radius 1 is 0.865 bits per heavy atom. The SMILES string of the molecule is COC(=O)c1ccc(CO/N=C(\C)c2cc(-c3cccc(OC)c3)n(-c3ccc(OC)cc3)c2C)cc1. The van der Waals surface area contributed by atoms with E-state index >= 15 is 0 Å². The van der Waals surface area contributed by atoms with Crippen LogP contribution in [-0.4, -0.2) is 37.6 Å². The van der Waals surface area contributed by atoms with Gasteiger partial charge in [0.05, 0.1) is 38.3 Å². The van der Waals surface area contributed by atoms with Gasteiger partial charge in [-0.2, -0.15) is 0 Å². The molecule has 3 aromatic carbocycles. The van der Waals surface area contributed by atoms with Crippen molar-refractivity contribution >= 4 is 11.7 Å². The van der Waals surface area contributed by atoms with E-state index in [0.29, 0.717) is 5.56 Å². The van der Waals surface area contributed by atoms with Crippen molar-refractivity contribution in [1.29, 1.82) is 0 Å². The van der Waals surface area contributed by atoms with Crippen LogP contribution in [-0.2, 0) is 16.2 Å². The van der Waals surface area contributed by atoms with Crippen molar-refractivity contribution < 1.29 is 23.8 Å². The average Bonchev–Trinajstić information content (AvgIpc) is 3.30. The molecule has 4 rings (SSSR count). The number of aromatic nitrogens is 1. The summed E-state index contributed by atoms with van der Waals surface area (Å²) in [6.45, 7) is 4.27. The number of oxime groups is 1. The van der Waals surface area contributed by atoms with E-state index in [9.17, 15) is 4.79 Å². The predicted molar refractivity (Wildman–Crippen MR) is 144 cm³/mol. The quantitative estimate of drug-likeness (QED) is 0.156. The summed E-state index contributed by atoms with van der Waals surface area (Å²) in [5.74, 6) is 1.21. The van der Waals surface area contributed by atoms with Gasteiger partial charge in [0.2, 0.25) is 0 Å². The third-order valence-corrected chi connectivity index (χ3v) is 6.14. The van der Waals surface area contributed by atoms with E-state index in [-0.39, 0.29) is 12.6 Å². The van der Waals surface area contributed by atoms with Gasteiger partial charge in [-0.3, -0.25) is 0 Å². The number of esters is 1. The Balaban J connectivity index is 1.65. The van der Waals surface area contributed by atoms with Crippen LogP contribution in [0, 0.1) is 6.92 Å². The number of methoxy groups -OCH3 is 3. The molecule has 0 unspecified atom stereocenters. The first kappa shape index (κ1) is 25.6. The first-order valence-electron chi connectivity index (χ1n) is 11.8. The summed E-state index contributed by atoms with van der Waals surface area (Å²) in [6.07, 6.45) is 0. The van der Waals surface area contributed by atoms with Crippen LogP contribution >= 0.6 is 0 Å². The third-order valence-electron chi connectivity index (χ3n) is 6.14. The van der Waals surface area contributed by atoms with Crippen LogP contribution in [0.25, 0.3) is 16.9 Å². The lowest BCUT2D eigenvalue weighted by molar-refractivity contribution is 0.0600. The highest BCUT2D eigenvalue weighted by molar-refractivity contribution is 6.01. The van der Waals surface area contributed by atoms with E-state index in [2.05, 4.69) is 28.8 Å². The Hall–Kier alpha value is -4.52. The lowest BCUT2D eigenvalue weighted by Gasteiger charge is -2.13. The van der Waals surface area contributed by atoms with Crippen LogP contribution in [0.2, 0.25) is 0 Å². The molecule has 37 heavy (non-hydrogen) atoms. The van der Waals surface area contributed by atoms with Crippen molar-refractivity contribution in [3.8, 4) is 28.4 Å². The van der Waals surface area contributed by atoms with Gasteiger partial charge in [0, 0.05) is 22.5 Å². The van der Waals surface area contributed by atoms with E-state index < -0.39 is 0 Å². The number of hydrogen-bond acceptors (Lipinski definition) is 6. The van der Waals surface area contributed by atoms with Gasteiger partial charge < -0.3 is 23.6 Å². The van der Waals surface area contributed by atoms with E-state index in [1.54, 1.807) is 26.4 Å². The van der Waals surface area contributed by atoms with E-state index in [0.717, 1.165) is 51.0 Å². The minimum absolute atomic E-state index is 0.278. The van der Waals surface area contributed by atoms with Crippen LogP contribution in [0.5, 0.6) is 11.5 Å². The second kappa shape index (κ2) is 11.5. The lowest BCUT2D eigenvalue weighted by Crippen LogP contribution is -2.03. The minimum atomic E-state index is -0.370. The molecule has 0 N–H and O–H groups in total. The number of hydrogen-bond donors (Lipinski definition) is 0. The fourth-order valence-electron chi connectivity index (χ4n) is 4.14. The molecule has 0 bridgehead atoms. The molecule has 0 saturated carbocycles. The zero-order valence-corrected chi connectivity index (χ0v) is 21.6. The number of ether oxygens (including phenoxy) is 3. The van der Waals surface area contributed by atoms with Crippen LogP contribution in [0.4, 0.5) is 0 Å². The lowest BCUT2D eigenvalue weighted by atomic mass is 10.1. The Morgan fingerprint density at radius 3 is 2.22 bits per heavy atom. The fourth-order valence-corrected chi connectivity index (χ4v) is 4.14. The summed E-state index contributed by atoms with van der Waals surface area (Å²) in [4.78, 5) is 17.3. The van der Waals surface area contributed by atoms with Crippen molar-refractivity contribution in [2.75, 3.05) is 21.3 Å². The number of rotatable bonds is 9. The molecule has 7 heteroatoms. The van der Waals surface area contributed by atoms with Crippen molar-refractivity contribution in [2.24, 2.45) is 5.16 Å². The number of benzene rings is 3. The van der Waals surface area contributed by atoms with Crippen LogP contribution in [0.15, 0.2) is 84.0 Å². The second-order valence-electron chi connectivity index (χ2n) is 8.43. The summed E-state index contributed by atoms with van der Waals surface area (Å²) in [5, 5.41) is 4.39. The molecule has 7 nitrogen and oxygen atoms in total. The fraction of sp³-hybridized carbons (Fsp3) is 0.200. The van der Waals surface area contributed by atoms with E-state index in [4.69, 9.17) is 19.0 Å². The van der Waals surface area contributed by atoms with Crippen molar-refractivity contribution in [1.82, 2.24) is 4.57 Å². The molecule has 0 atom stereocenters. The largest absolute Gasteiger partial charge is 0.497 e. The summed E-state index contributed by atoms with van der Waals surface area (Å²) in [6, 6.07) is 25.1. The molecule has 4 aromatic rings. The Morgan fingerprint density at radius 2 is 1.57 bits per heavy atom. The molecular formula is C30H30N2O5. The standard InChI is InChI=1S/C30H30N2O5/c1-20(31-37-19-22-9-11-23(12-10-22)30(33)36-5)28-18-29(24-7-6-8-27(17-24)35-4)32(21(28)2)25-13-15-26(34-3)16-14-25/h6-18H,19H2,1-5H3/b31-20+. The summed E-state index contributed by atoms with van der Waals surface area (Å²) in [7, 11) is 4.68. The van der Waals surface area contributed by atoms with E-state index in [1.807, 2.05) is 61.5 Å². The maximum atomic E-state index is 11.6. The molecule has 0 radical (unpaired) electrons. The van der Waals surface area contributed by atoms with Gasteiger partial charge in [0.1, 0.15) is 18.1 Å². The zero-order chi connectivity index (χ0) is 26.4. The highest BCUT2D eigenvalue weighted by Gasteiger charge is 2.18. The highest BCUT2D eigenvalue weighted by atomic mass is 16.6. The summed E-state index contributed by atoms with van der Waals surface area (Å²) in [5.41, 5.74) is 7.15. The van der Waals surface area contributed by atoms with Crippen molar-refractivity contribution in [3.63, 3.8) is 0 Å². The molecule has 0 fully saturated rings. The summed E-state index contributed by atoms with van der Waals surface area (Å²) < 4.78 is 17.7. The molecule has 0 aliphatic heterocycles. The normalized spacial score (nSPS) is 11.2. The monoisotopic (exact) mass is 498 g/mol. The smallest absolute Gasteiger partial charge is 0.337 e. The van der Waals surface area contributed by atoms with Crippen LogP contribution in [0.1, 0.15) is 34.1 Å². The topological polar surface area (TPSA) is 71.3 Å². The first-order valence-corrected chi connectivity index (χ1v) is 11.8. The van der Waals surface area contributed by atoms with Crippen LogP contribution < -0.4 is 9.47 Å². The molecule has 0 spiro atoms. The van der Waals surface area contributed by atoms with Gasteiger partial charge in [0.25, 0.3) is 0 Å². The Labute approximate surface area is 216 Å². The van der Waals surface area contributed by atoms with Crippen LogP contribution in [0.3, 0.4) is 0 Å². The minimum Gasteiger partial charge on any atom is -0.497 e. The highest BCUT2D eigenvalue weighted by Crippen LogP contribution is 2.32. The van der Waals surface area contributed by atoms with Gasteiger partial charge in [-0.1, -0.05) is 29.4 Å². The van der Waals surface area contributed by atoms with Crippen molar-refractivity contribution in [2.45, 2.75) is 20.5 Å². The van der Waals surface area contributed by atoms with Gasteiger partial charge in [-0.25, -0.2) is 4.79 Å². The first-order chi connectivity index (χ1) is 17.9. The van der Waals surface area contributed by atoms with Crippen molar-refractivity contribution in [3.05, 3.63) is 101 Å². The number of carbonyl (C=O) groups is 1. The molecule has 1 heterocycles. The van der Waals surface area contributed by atoms with Gasteiger partial charge in [-0.05, 0) is 74.0 Å². The molecule has 0 aliphatic carbocycles. The maximum absolute atomic E-state index is 11.6. The van der Waals surface area contributed by atoms with Gasteiger partial charge >= 0.3 is 5.97 Å². The number of carbonyl (C=O) groups excluding carboxylic acids is 1. The molecule has 1 aromatic heterocycles. The van der Waals surface area contributed by atoms with E-state index in [1.165, 1.54) is 7.11 Å². The zero-order valence-electron chi connectivity index (χ0n) is 21.6. The van der Waals surface area contributed by atoms with Gasteiger partial charge in [0.15, 0.2) is 0 Å². The predicted octanol–water partition coefficient (Wildman–Crippen LogP) is 6.20. The van der Waals surface area contributed by atoms with Gasteiger partial charge in [-0.15, -0.1) is 0 Å². The third kappa shape index (κ3) is 5.67. The molecule has 0 aliphatic rings. The Bertz CT molecular complexity index is 1400. The molecule has 190 valence electrons. The maximum Gasteiger partial charge on any atom is 0.337 e. The summed E-state index contributed by atoms with van der Waals surface area (Å²) >= 11 is 0. The second-order valence-corrected chi connectivity index (χ2v) is 8.43. The Kier molecular flexibility index (Phi) is 7.93.